The quantitative estimate of drug-likeness (QED) is 0.469. The topological polar surface area (TPSA) is 54.5 Å². The van der Waals surface area contributed by atoms with Crippen LogP contribution in [0.5, 0.6) is 0 Å². The van der Waals surface area contributed by atoms with Crippen LogP contribution in [0.3, 0.4) is 0 Å². The highest BCUT2D eigenvalue weighted by molar-refractivity contribution is 5.97. The first-order chi connectivity index (χ1) is 16.2. The van der Waals surface area contributed by atoms with Gasteiger partial charge in [-0.25, -0.2) is 4.98 Å². The summed E-state index contributed by atoms with van der Waals surface area (Å²) in [6.07, 6.45) is 0. The largest absolute Gasteiger partial charge is 0.379 e. The summed E-state index contributed by atoms with van der Waals surface area (Å²) >= 11 is 0. The van der Waals surface area contributed by atoms with Crippen LogP contribution in [-0.2, 0) is 9.53 Å². The SMILES string of the molecule is Cc1ccc2nc(-c3ccc(NC(=O)CN4CCOCC4)cc3)cc(-c3ccccc3)c2c1. The molecule has 33 heavy (non-hydrogen) atoms. The van der Waals surface area contributed by atoms with Crippen molar-refractivity contribution in [3.8, 4) is 22.4 Å². The number of aryl methyl sites for hydroxylation is 1. The number of carbonyl (C=O) groups is 1. The number of anilines is 1. The molecule has 1 fully saturated rings. The minimum Gasteiger partial charge on any atom is -0.379 e. The molecule has 0 radical (unpaired) electrons. The summed E-state index contributed by atoms with van der Waals surface area (Å²) in [5, 5.41) is 4.15. The zero-order chi connectivity index (χ0) is 22.6. The van der Waals surface area contributed by atoms with Gasteiger partial charge in [-0.15, -0.1) is 0 Å². The Morgan fingerprint density at radius 2 is 1.70 bits per heavy atom. The van der Waals surface area contributed by atoms with Crippen molar-refractivity contribution in [2.75, 3.05) is 38.2 Å². The number of hydrogen-bond acceptors (Lipinski definition) is 4. The number of amides is 1. The number of nitrogens with zero attached hydrogens (tertiary/aromatic N) is 2. The van der Waals surface area contributed by atoms with Crippen LogP contribution in [-0.4, -0.2) is 48.6 Å². The van der Waals surface area contributed by atoms with Crippen LogP contribution in [0.4, 0.5) is 5.69 Å². The first-order valence-electron chi connectivity index (χ1n) is 11.3. The summed E-state index contributed by atoms with van der Waals surface area (Å²) in [6.45, 7) is 5.45. The molecule has 3 aromatic carbocycles. The fourth-order valence-corrected chi connectivity index (χ4v) is 4.23. The maximum atomic E-state index is 12.4. The number of carbonyl (C=O) groups excluding carboxylic acids is 1. The van der Waals surface area contributed by atoms with E-state index in [9.17, 15) is 4.79 Å². The molecular weight excluding hydrogens is 410 g/mol. The van der Waals surface area contributed by atoms with E-state index in [0.717, 1.165) is 40.9 Å². The third kappa shape index (κ3) is 4.95. The highest BCUT2D eigenvalue weighted by Crippen LogP contribution is 2.33. The number of morpholine rings is 1. The summed E-state index contributed by atoms with van der Waals surface area (Å²) < 4.78 is 5.34. The maximum Gasteiger partial charge on any atom is 0.238 e. The molecule has 0 aliphatic carbocycles. The van der Waals surface area contributed by atoms with Gasteiger partial charge in [0.25, 0.3) is 0 Å². The Morgan fingerprint density at radius 1 is 0.939 bits per heavy atom. The van der Waals surface area contributed by atoms with Crippen molar-refractivity contribution in [1.82, 2.24) is 9.88 Å². The van der Waals surface area contributed by atoms with Crippen LogP contribution < -0.4 is 5.32 Å². The second kappa shape index (κ2) is 9.53. The van der Waals surface area contributed by atoms with Gasteiger partial charge in [-0.3, -0.25) is 9.69 Å². The molecule has 1 aliphatic rings. The van der Waals surface area contributed by atoms with E-state index in [0.29, 0.717) is 19.8 Å². The highest BCUT2D eigenvalue weighted by atomic mass is 16.5. The fraction of sp³-hybridized carbons (Fsp3) is 0.214. The molecule has 166 valence electrons. The average molecular weight is 438 g/mol. The third-order valence-electron chi connectivity index (χ3n) is 5.98. The van der Waals surface area contributed by atoms with Crippen molar-refractivity contribution in [1.29, 1.82) is 0 Å². The molecule has 1 aromatic heterocycles. The summed E-state index contributed by atoms with van der Waals surface area (Å²) in [6, 6.07) is 26.9. The van der Waals surface area contributed by atoms with Gasteiger partial charge in [0.2, 0.25) is 5.91 Å². The van der Waals surface area contributed by atoms with Gasteiger partial charge in [0, 0.05) is 29.7 Å². The second-order valence-electron chi connectivity index (χ2n) is 8.46. The Balaban J connectivity index is 1.41. The molecule has 1 aliphatic heterocycles. The van der Waals surface area contributed by atoms with Crippen molar-refractivity contribution in [3.05, 3.63) is 84.4 Å². The molecule has 4 aromatic rings. The van der Waals surface area contributed by atoms with Crippen molar-refractivity contribution in [2.45, 2.75) is 6.92 Å². The lowest BCUT2D eigenvalue weighted by atomic mass is 9.97. The minimum absolute atomic E-state index is 0.00443. The number of benzene rings is 3. The van der Waals surface area contributed by atoms with Gasteiger partial charge in [-0.05, 0) is 48.4 Å². The van der Waals surface area contributed by atoms with Crippen molar-refractivity contribution in [3.63, 3.8) is 0 Å². The monoisotopic (exact) mass is 437 g/mol. The van der Waals surface area contributed by atoms with Crippen molar-refractivity contribution < 1.29 is 9.53 Å². The zero-order valence-corrected chi connectivity index (χ0v) is 18.8. The van der Waals surface area contributed by atoms with Gasteiger partial charge >= 0.3 is 0 Å². The van der Waals surface area contributed by atoms with Gasteiger partial charge in [-0.2, -0.15) is 0 Å². The van der Waals surface area contributed by atoms with Crippen LogP contribution in [0, 0.1) is 6.92 Å². The van der Waals surface area contributed by atoms with Crippen LogP contribution in [0.15, 0.2) is 78.9 Å². The molecule has 1 amide bonds. The fourth-order valence-electron chi connectivity index (χ4n) is 4.23. The number of fused-ring (bicyclic) bond motifs is 1. The zero-order valence-electron chi connectivity index (χ0n) is 18.8. The molecule has 0 unspecified atom stereocenters. The Bertz CT molecular complexity index is 1260. The standard InChI is InChI=1S/C28H27N3O2/c1-20-7-12-26-25(17-20)24(21-5-3-2-4-6-21)18-27(30-26)22-8-10-23(11-9-22)29-28(32)19-31-13-15-33-16-14-31/h2-12,17-18H,13-16,19H2,1H3,(H,29,32). The van der Waals surface area contributed by atoms with E-state index in [1.807, 2.05) is 30.3 Å². The Kier molecular flexibility index (Phi) is 6.15. The van der Waals surface area contributed by atoms with E-state index in [-0.39, 0.29) is 5.91 Å². The Hall–Kier alpha value is -3.54. The van der Waals surface area contributed by atoms with Crippen molar-refractivity contribution >= 4 is 22.5 Å². The second-order valence-corrected chi connectivity index (χ2v) is 8.46. The van der Waals surface area contributed by atoms with Crippen molar-refractivity contribution in [2.24, 2.45) is 0 Å². The number of ether oxygens (including phenoxy) is 1. The number of pyridine rings is 1. The van der Waals surface area contributed by atoms with Crippen LogP contribution in [0.1, 0.15) is 5.56 Å². The summed E-state index contributed by atoms with van der Waals surface area (Å²) in [5.74, 6) is -0.00443. The van der Waals surface area contributed by atoms with Crippen LogP contribution >= 0.6 is 0 Å². The molecule has 2 heterocycles. The average Bonchev–Trinajstić information content (AvgIpc) is 2.85. The third-order valence-corrected chi connectivity index (χ3v) is 5.98. The molecule has 0 spiro atoms. The molecule has 5 rings (SSSR count). The van der Waals surface area contributed by atoms with E-state index in [4.69, 9.17) is 9.72 Å². The minimum atomic E-state index is -0.00443. The molecule has 5 heteroatoms. The van der Waals surface area contributed by atoms with E-state index >= 15 is 0 Å². The van der Waals surface area contributed by atoms with Gasteiger partial charge in [0.1, 0.15) is 0 Å². The molecule has 1 N–H and O–H groups in total. The molecule has 0 saturated carbocycles. The first-order valence-corrected chi connectivity index (χ1v) is 11.3. The van der Waals surface area contributed by atoms with E-state index in [2.05, 4.69) is 65.7 Å². The van der Waals surface area contributed by atoms with Crippen LogP contribution in [0.25, 0.3) is 33.3 Å². The van der Waals surface area contributed by atoms with Gasteiger partial charge in [0.05, 0.1) is 31.0 Å². The Morgan fingerprint density at radius 3 is 2.45 bits per heavy atom. The number of nitrogens with one attached hydrogen (secondary N) is 1. The number of hydrogen-bond donors (Lipinski definition) is 1. The summed E-state index contributed by atoms with van der Waals surface area (Å²) in [4.78, 5) is 19.5. The lowest BCUT2D eigenvalue weighted by Crippen LogP contribution is -2.41. The lowest BCUT2D eigenvalue weighted by Gasteiger charge is -2.25. The van der Waals surface area contributed by atoms with E-state index in [1.165, 1.54) is 16.7 Å². The highest BCUT2D eigenvalue weighted by Gasteiger charge is 2.14. The molecular formula is C28H27N3O2. The normalized spacial score (nSPS) is 14.3. The molecule has 5 nitrogen and oxygen atoms in total. The number of rotatable bonds is 5. The maximum absolute atomic E-state index is 12.4. The number of aromatic nitrogens is 1. The first kappa shape index (κ1) is 21.3. The molecule has 0 atom stereocenters. The molecule has 0 bridgehead atoms. The predicted octanol–water partition coefficient (Wildman–Crippen LogP) is 5.15. The van der Waals surface area contributed by atoms with Crippen LogP contribution in [0.2, 0.25) is 0 Å². The predicted molar refractivity (Wildman–Crippen MR) is 133 cm³/mol. The summed E-state index contributed by atoms with van der Waals surface area (Å²) in [7, 11) is 0. The Labute approximate surface area is 194 Å². The molecule has 1 saturated heterocycles. The van der Waals surface area contributed by atoms with E-state index < -0.39 is 0 Å². The van der Waals surface area contributed by atoms with Gasteiger partial charge in [-0.1, -0.05) is 54.1 Å². The smallest absolute Gasteiger partial charge is 0.238 e. The van der Waals surface area contributed by atoms with Gasteiger partial charge in [0.15, 0.2) is 0 Å². The van der Waals surface area contributed by atoms with E-state index in [1.54, 1.807) is 0 Å². The lowest BCUT2D eigenvalue weighted by molar-refractivity contribution is -0.118. The van der Waals surface area contributed by atoms with Gasteiger partial charge < -0.3 is 10.1 Å². The summed E-state index contributed by atoms with van der Waals surface area (Å²) in [5.41, 5.74) is 7.24.